The van der Waals surface area contributed by atoms with Crippen molar-refractivity contribution in [2.24, 2.45) is 5.92 Å². The van der Waals surface area contributed by atoms with Gasteiger partial charge in [-0.05, 0) is 24.3 Å². The lowest BCUT2D eigenvalue weighted by Gasteiger charge is -2.05. The van der Waals surface area contributed by atoms with Gasteiger partial charge in [0.2, 0.25) is 0 Å². The van der Waals surface area contributed by atoms with E-state index in [1.54, 1.807) is 11.3 Å². The molecule has 0 saturated heterocycles. The van der Waals surface area contributed by atoms with E-state index < -0.39 is 0 Å². The molecule has 2 aromatic rings. The quantitative estimate of drug-likeness (QED) is 0.788. The highest BCUT2D eigenvalue weighted by atomic mass is 32.1. The van der Waals surface area contributed by atoms with Crippen LogP contribution in [0.4, 0.5) is 0 Å². The van der Waals surface area contributed by atoms with E-state index in [0.29, 0.717) is 11.6 Å². The van der Waals surface area contributed by atoms with Crippen LogP contribution in [0.5, 0.6) is 0 Å². The third kappa shape index (κ3) is 5.31. The Balaban J connectivity index is 1.83. The zero-order valence-electron chi connectivity index (χ0n) is 12.6. The second kappa shape index (κ2) is 7.93. The number of hydrogen-bond acceptors (Lipinski definition) is 3. The van der Waals surface area contributed by atoms with Crippen molar-refractivity contribution in [3.63, 3.8) is 0 Å². The average molecular weight is 302 g/mol. The Bertz CT molecular complexity index is 563. The summed E-state index contributed by atoms with van der Waals surface area (Å²) >= 11 is 1.54. The second-order valence-corrected chi connectivity index (χ2v) is 6.52. The van der Waals surface area contributed by atoms with E-state index in [4.69, 9.17) is 0 Å². The molecule has 0 bridgehead atoms. The number of amides is 1. The summed E-state index contributed by atoms with van der Waals surface area (Å²) in [4.78, 5) is 16.4. The van der Waals surface area contributed by atoms with Crippen LogP contribution in [0.25, 0.3) is 0 Å². The van der Waals surface area contributed by atoms with Gasteiger partial charge in [0.05, 0.1) is 5.01 Å². The molecular formula is C17H22N2OS. The molecule has 0 aliphatic rings. The molecule has 0 aliphatic heterocycles. The van der Waals surface area contributed by atoms with Gasteiger partial charge < -0.3 is 5.32 Å². The second-order valence-electron chi connectivity index (χ2n) is 5.58. The van der Waals surface area contributed by atoms with Crippen LogP contribution in [0.15, 0.2) is 35.7 Å². The van der Waals surface area contributed by atoms with Crippen molar-refractivity contribution in [2.45, 2.75) is 33.1 Å². The first-order valence-corrected chi connectivity index (χ1v) is 8.29. The fraction of sp³-hybridized carbons (Fsp3) is 0.412. The Morgan fingerprint density at radius 3 is 2.76 bits per heavy atom. The summed E-state index contributed by atoms with van der Waals surface area (Å²) in [5.41, 5.74) is 1.76. The van der Waals surface area contributed by atoms with E-state index in [9.17, 15) is 4.79 Å². The maximum absolute atomic E-state index is 12.0. The monoisotopic (exact) mass is 302 g/mol. The number of benzene rings is 1. The van der Waals surface area contributed by atoms with Crippen molar-refractivity contribution in [3.05, 3.63) is 52.0 Å². The fourth-order valence-corrected chi connectivity index (χ4v) is 2.88. The van der Waals surface area contributed by atoms with Gasteiger partial charge in [-0.15, -0.1) is 11.3 Å². The number of hydrogen-bond donors (Lipinski definition) is 1. The van der Waals surface area contributed by atoms with E-state index in [1.165, 1.54) is 5.56 Å². The van der Waals surface area contributed by atoms with E-state index in [1.807, 2.05) is 23.6 Å². The number of rotatable bonds is 7. The molecule has 0 spiro atoms. The Labute approximate surface area is 130 Å². The van der Waals surface area contributed by atoms with Gasteiger partial charge in [0.1, 0.15) is 5.69 Å². The minimum Gasteiger partial charge on any atom is -0.351 e. The topological polar surface area (TPSA) is 42.0 Å². The Morgan fingerprint density at radius 2 is 2.05 bits per heavy atom. The number of nitrogens with zero attached hydrogens (tertiary/aromatic N) is 1. The number of nitrogens with one attached hydrogen (secondary N) is 1. The first-order valence-electron chi connectivity index (χ1n) is 7.41. The summed E-state index contributed by atoms with van der Waals surface area (Å²) in [5, 5.41) is 5.76. The Kier molecular flexibility index (Phi) is 5.93. The molecule has 0 aliphatic carbocycles. The summed E-state index contributed by atoms with van der Waals surface area (Å²) in [6.45, 7) is 5.11. The van der Waals surface area contributed by atoms with Crippen LogP contribution in [0, 0.1) is 5.92 Å². The molecule has 4 heteroatoms. The van der Waals surface area contributed by atoms with Crippen LogP contribution in [0.1, 0.15) is 47.7 Å². The van der Waals surface area contributed by atoms with E-state index in [0.717, 1.165) is 30.8 Å². The normalized spacial score (nSPS) is 10.8. The number of thiazole rings is 1. The molecule has 21 heavy (non-hydrogen) atoms. The lowest BCUT2D eigenvalue weighted by molar-refractivity contribution is 0.0948. The molecule has 0 fully saturated rings. The molecule has 1 heterocycles. The molecule has 112 valence electrons. The van der Waals surface area contributed by atoms with Crippen molar-refractivity contribution in [3.8, 4) is 0 Å². The van der Waals surface area contributed by atoms with Gasteiger partial charge >= 0.3 is 0 Å². The van der Waals surface area contributed by atoms with Crippen LogP contribution in [-0.2, 0) is 6.42 Å². The fourth-order valence-electron chi connectivity index (χ4n) is 2.07. The van der Waals surface area contributed by atoms with Crippen LogP contribution < -0.4 is 5.32 Å². The summed E-state index contributed by atoms with van der Waals surface area (Å²) in [5.74, 6) is 0.618. The molecule has 1 aromatic carbocycles. The van der Waals surface area contributed by atoms with Gasteiger partial charge in [0.25, 0.3) is 5.91 Å². The molecule has 1 aromatic heterocycles. The highest BCUT2D eigenvalue weighted by Gasteiger charge is 2.10. The summed E-state index contributed by atoms with van der Waals surface area (Å²) in [7, 11) is 0. The smallest absolute Gasteiger partial charge is 0.270 e. The third-order valence-corrected chi connectivity index (χ3v) is 4.08. The van der Waals surface area contributed by atoms with Crippen LogP contribution in [0.3, 0.4) is 0 Å². The summed E-state index contributed by atoms with van der Waals surface area (Å²) in [6.07, 6.45) is 2.94. The minimum atomic E-state index is -0.0608. The van der Waals surface area contributed by atoms with Crippen LogP contribution in [-0.4, -0.2) is 17.4 Å². The van der Waals surface area contributed by atoms with Gasteiger partial charge in [-0.25, -0.2) is 4.98 Å². The van der Waals surface area contributed by atoms with E-state index >= 15 is 0 Å². The maximum atomic E-state index is 12.0. The predicted molar refractivity (Wildman–Crippen MR) is 87.8 cm³/mol. The molecule has 0 saturated carbocycles. The molecule has 0 radical (unpaired) electrons. The van der Waals surface area contributed by atoms with Gasteiger partial charge in [-0.2, -0.15) is 0 Å². The molecule has 2 rings (SSSR count). The van der Waals surface area contributed by atoms with Gasteiger partial charge in [-0.3, -0.25) is 4.79 Å². The van der Waals surface area contributed by atoms with Gasteiger partial charge in [0, 0.05) is 18.3 Å². The SMILES string of the molecule is CC(C)CCCNC(=O)c1csc(Cc2ccccc2)n1. The first kappa shape index (κ1) is 15.7. The summed E-state index contributed by atoms with van der Waals surface area (Å²) in [6, 6.07) is 10.2. The molecule has 0 unspecified atom stereocenters. The molecule has 1 amide bonds. The number of aromatic nitrogens is 1. The van der Waals surface area contributed by atoms with Crippen LogP contribution >= 0.6 is 11.3 Å². The molecule has 0 atom stereocenters. The highest BCUT2D eigenvalue weighted by Crippen LogP contribution is 2.14. The van der Waals surface area contributed by atoms with Crippen molar-refractivity contribution in [2.75, 3.05) is 6.54 Å². The largest absolute Gasteiger partial charge is 0.351 e. The Hall–Kier alpha value is -1.68. The zero-order valence-corrected chi connectivity index (χ0v) is 13.5. The predicted octanol–water partition coefficient (Wildman–Crippen LogP) is 3.90. The molecule has 1 N–H and O–H groups in total. The van der Waals surface area contributed by atoms with Crippen molar-refractivity contribution in [1.29, 1.82) is 0 Å². The highest BCUT2D eigenvalue weighted by molar-refractivity contribution is 7.09. The third-order valence-electron chi connectivity index (χ3n) is 3.23. The van der Waals surface area contributed by atoms with Crippen molar-refractivity contribution < 1.29 is 4.79 Å². The molecular weight excluding hydrogens is 280 g/mol. The van der Waals surface area contributed by atoms with Gasteiger partial charge in [0.15, 0.2) is 0 Å². The van der Waals surface area contributed by atoms with Crippen molar-refractivity contribution in [1.82, 2.24) is 10.3 Å². The lowest BCUT2D eigenvalue weighted by atomic mass is 10.1. The average Bonchev–Trinajstić information content (AvgIpc) is 2.93. The maximum Gasteiger partial charge on any atom is 0.270 e. The lowest BCUT2D eigenvalue weighted by Crippen LogP contribution is -2.25. The van der Waals surface area contributed by atoms with Gasteiger partial charge in [-0.1, -0.05) is 44.2 Å². The molecule has 3 nitrogen and oxygen atoms in total. The van der Waals surface area contributed by atoms with E-state index in [2.05, 4.69) is 36.3 Å². The first-order chi connectivity index (χ1) is 10.1. The number of carbonyl (C=O) groups excluding carboxylic acids is 1. The zero-order chi connectivity index (χ0) is 15.1. The Morgan fingerprint density at radius 1 is 1.29 bits per heavy atom. The number of carbonyl (C=O) groups is 1. The standard InChI is InChI=1S/C17H22N2OS/c1-13(2)7-6-10-18-17(20)15-12-21-16(19-15)11-14-8-4-3-5-9-14/h3-5,8-9,12-13H,6-7,10-11H2,1-2H3,(H,18,20). The van der Waals surface area contributed by atoms with Crippen molar-refractivity contribution >= 4 is 17.2 Å². The minimum absolute atomic E-state index is 0.0608. The van der Waals surface area contributed by atoms with E-state index in [-0.39, 0.29) is 5.91 Å². The van der Waals surface area contributed by atoms with Crippen LogP contribution in [0.2, 0.25) is 0 Å². The summed E-state index contributed by atoms with van der Waals surface area (Å²) < 4.78 is 0.